The minimum absolute atomic E-state index is 0.126. The number of thiophene rings is 1. The fourth-order valence-electron chi connectivity index (χ4n) is 2.67. The number of rotatable bonds is 6. The number of oxazole rings is 1. The zero-order valence-corrected chi connectivity index (χ0v) is 15.4. The summed E-state index contributed by atoms with van der Waals surface area (Å²) in [6.45, 7) is 2.18. The normalized spacial score (nSPS) is 10.9. The molecule has 4 heterocycles. The van der Waals surface area contributed by atoms with Crippen LogP contribution in [0.1, 0.15) is 17.0 Å². The maximum atomic E-state index is 12.4. The molecule has 4 aromatic heterocycles. The SMILES string of the molecule is Cc1oc(-c2cccs2)nc1CC(=O)NCc1cccnc1-n1cccn1. The van der Waals surface area contributed by atoms with Gasteiger partial charge in [0, 0.05) is 30.7 Å². The van der Waals surface area contributed by atoms with E-state index in [9.17, 15) is 4.79 Å². The number of aromatic nitrogens is 4. The number of hydrogen-bond acceptors (Lipinski definition) is 6. The average Bonchev–Trinajstić information content (AvgIpc) is 3.43. The van der Waals surface area contributed by atoms with Crippen molar-refractivity contribution < 1.29 is 9.21 Å². The largest absolute Gasteiger partial charge is 0.440 e. The summed E-state index contributed by atoms with van der Waals surface area (Å²) >= 11 is 1.55. The molecular formula is C19H17N5O2S. The van der Waals surface area contributed by atoms with Gasteiger partial charge in [0.25, 0.3) is 0 Å². The Balaban J connectivity index is 1.43. The first-order valence-corrected chi connectivity index (χ1v) is 9.29. The van der Waals surface area contributed by atoms with Crippen LogP contribution in [0.25, 0.3) is 16.6 Å². The molecule has 27 heavy (non-hydrogen) atoms. The van der Waals surface area contributed by atoms with Gasteiger partial charge in [0.2, 0.25) is 11.8 Å². The summed E-state index contributed by atoms with van der Waals surface area (Å²) in [4.78, 5) is 22.2. The Hall–Kier alpha value is -3.26. The van der Waals surface area contributed by atoms with Crippen LogP contribution in [0, 0.1) is 6.92 Å². The first-order chi connectivity index (χ1) is 13.2. The van der Waals surface area contributed by atoms with Gasteiger partial charge in [-0.15, -0.1) is 11.3 Å². The summed E-state index contributed by atoms with van der Waals surface area (Å²) in [6.07, 6.45) is 5.37. The van der Waals surface area contributed by atoms with Gasteiger partial charge in [-0.3, -0.25) is 4.79 Å². The van der Waals surface area contributed by atoms with Crippen molar-refractivity contribution in [1.29, 1.82) is 0 Å². The van der Waals surface area contributed by atoms with Gasteiger partial charge in [-0.1, -0.05) is 12.1 Å². The lowest BCUT2D eigenvalue weighted by Crippen LogP contribution is -2.25. The van der Waals surface area contributed by atoms with Crippen LogP contribution in [0.4, 0.5) is 0 Å². The second kappa shape index (κ2) is 7.55. The van der Waals surface area contributed by atoms with Crippen molar-refractivity contribution in [2.45, 2.75) is 19.9 Å². The minimum atomic E-state index is -0.126. The molecule has 136 valence electrons. The Morgan fingerprint density at radius 2 is 2.19 bits per heavy atom. The molecule has 0 bridgehead atoms. The zero-order valence-electron chi connectivity index (χ0n) is 14.6. The third-order valence-corrected chi connectivity index (χ3v) is 4.88. The number of pyridine rings is 1. The summed E-state index contributed by atoms with van der Waals surface area (Å²) in [7, 11) is 0. The number of aryl methyl sites for hydroxylation is 1. The molecule has 1 amide bonds. The van der Waals surface area contributed by atoms with Crippen LogP contribution in [-0.2, 0) is 17.8 Å². The van der Waals surface area contributed by atoms with E-state index in [4.69, 9.17) is 4.42 Å². The zero-order chi connectivity index (χ0) is 18.6. The van der Waals surface area contributed by atoms with Crippen LogP contribution >= 0.6 is 11.3 Å². The minimum Gasteiger partial charge on any atom is -0.440 e. The highest BCUT2D eigenvalue weighted by molar-refractivity contribution is 7.13. The molecule has 4 aromatic rings. The van der Waals surface area contributed by atoms with E-state index in [1.165, 1.54) is 0 Å². The molecule has 0 saturated carbocycles. The first kappa shape index (κ1) is 17.2. The van der Waals surface area contributed by atoms with Gasteiger partial charge in [0.05, 0.1) is 17.0 Å². The maximum absolute atomic E-state index is 12.4. The van der Waals surface area contributed by atoms with E-state index in [2.05, 4.69) is 20.4 Å². The molecule has 7 nitrogen and oxygen atoms in total. The van der Waals surface area contributed by atoms with E-state index in [-0.39, 0.29) is 12.3 Å². The van der Waals surface area contributed by atoms with Crippen LogP contribution in [0.15, 0.2) is 58.7 Å². The Morgan fingerprint density at radius 1 is 1.26 bits per heavy atom. The maximum Gasteiger partial charge on any atom is 0.236 e. The molecule has 4 rings (SSSR count). The predicted octanol–water partition coefficient (Wildman–Crippen LogP) is 3.15. The number of nitrogens with zero attached hydrogens (tertiary/aromatic N) is 4. The lowest BCUT2D eigenvalue weighted by atomic mass is 10.2. The summed E-state index contributed by atoms with van der Waals surface area (Å²) in [5.74, 6) is 1.78. The number of carbonyl (C=O) groups is 1. The molecule has 0 aromatic carbocycles. The number of nitrogens with one attached hydrogen (secondary N) is 1. The highest BCUT2D eigenvalue weighted by Gasteiger charge is 2.15. The third kappa shape index (κ3) is 3.80. The molecule has 0 atom stereocenters. The van der Waals surface area contributed by atoms with Crippen molar-refractivity contribution in [3.8, 4) is 16.6 Å². The fourth-order valence-corrected chi connectivity index (χ4v) is 3.32. The molecule has 0 aliphatic carbocycles. The van der Waals surface area contributed by atoms with Crippen molar-refractivity contribution >= 4 is 17.2 Å². The number of carbonyl (C=O) groups excluding carboxylic acids is 1. The van der Waals surface area contributed by atoms with Gasteiger partial charge in [-0.2, -0.15) is 5.10 Å². The predicted molar refractivity (Wildman–Crippen MR) is 101 cm³/mol. The van der Waals surface area contributed by atoms with Crippen molar-refractivity contribution in [2.24, 2.45) is 0 Å². The number of amides is 1. The summed E-state index contributed by atoms with van der Waals surface area (Å²) in [5.41, 5.74) is 1.53. The molecule has 0 radical (unpaired) electrons. The second-order valence-electron chi connectivity index (χ2n) is 5.89. The van der Waals surface area contributed by atoms with Crippen molar-refractivity contribution in [2.75, 3.05) is 0 Å². The quantitative estimate of drug-likeness (QED) is 0.556. The van der Waals surface area contributed by atoms with Gasteiger partial charge >= 0.3 is 0 Å². The smallest absolute Gasteiger partial charge is 0.236 e. The highest BCUT2D eigenvalue weighted by atomic mass is 32.1. The van der Waals surface area contributed by atoms with E-state index >= 15 is 0 Å². The van der Waals surface area contributed by atoms with Gasteiger partial charge in [0.15, 0.2) is 5.82 Å². The molecular weight excluding hydrogens is 362 g/mol. The molecule has 1 N–H and O–H groups in total. The third-order valence-electron chi connectivity index (χ3n) is 4.02. The molecule has 0 unspecified atom stereocenters. The van der Waals surface area contributed by atoms with Gasteiger partial charge in [0.1, 0.15) is 5.76 Å². The standard InChI is InChI=1S/C19H17N5O2S/c1-13-15(23-19(26-13)16-6-3-10-27-16)11-17(25)21-12-14-5-2-7-20-18(14)24-9-4-8-22-24/h2-10H,11-12H2,1H3,(H,21,25). The van der Waals surface area contributed by atoms with E-state index < -0.39 is 0 Å². The van der Waals surface area contributed by atoms with Crippen LogP contribution in [0.2, 0.25) is 0 Å². The van der Waals surface area contributed by atoms with Crippen LogP contribution in [0.5, 0.6) is 0 Å². The average molecular weight is 379 g/mol. The highest BCUT2D eigenvalue weighted by Crippen LogP contribution is 2.26. The molecule has 0 aliphatic rings. The first-order valence-electron chi connectivity index (χ1n) is 8.41. The Kier molecular flexibility index (Phi) is 4.80. The molecule has 0 aliphatic heterocycles. The summed E-state index contributed by atoms with van der Waals surface area (Å²) in [5, 5.41) is 9.09. The van der Waals surface area contributed by atoms with Gasteiger partial charge in [-0.05, 0) is 30.5 Å². The lowest BCUT2D eigenvalue weighted by molar-refractivity contribution is -0.120. The second-order valence-corrected chi connectivity index (χ2v) is 6.84. The lowest BCUT2D eigenvalue weighted by Gasteiger charge is -2.09. The van der Waals surface area contributed by atoms with Crippen LogP contribution in [-0.4, -0.2) is 25.7 Å². The Morgan fingerprint density at radius 3 is 2.96 bits per heavy atom. The van der Waals surface area contributed by atoms with Gasteiger partial charge in [-0.25, -0.2) is 14.6 Å². The van der Waals surface area contributed by atoms with Crippen molar-refractivity contribution in [3.05, 3.63) is 71.3 Å². The summed E-state index contributed by atoms with van der Waals surface area (Å²) in [6, 6.07) is 9.47. The molecule has 0 saturated heterocycles. The van der Waals surface area contributed by atoms with Gasteiger partial charge < -0.3 is 9.73 Å². The van der Waals surface area contributed by atoms with Crippen molar-refractivity contribution in [3.63, 3.8) is 0 Å². The molecule has 0 fully saturated rings. The Bertz CT molecular complexity index is 1040. The Labute approximate surface area is 159 Å². The molecule has 0 spiro atoms. The fraction of sp³-hybridized carbons (Fsp3) is 0.158. The van der Waals surface area contributed by atoms with Crippen LogP contribution in [0.3, 0.4) is 0 Å². The monoisotopic (exact) mass is 379 g/mol. The van der Waals surface area contributed by atoms with E-state index in [0.29, 0.717) is 29.7 Å². The van der Waals surface area contributed by atoms with E-state index in [1.807, 2.05) is 48.8 Å². The van der Waals surface area contributed by atoms with E-state index in [0.717, 1.165) is 10.4 Å². The van der Waals surface area contributed by atoms with Crippen LogP contribution < -0.4 is 5.32 Å². The summed E-state index contributed by atoms with van der Waals surface area (Å²) < 4.78 is 7.37. The van der Waals surface area contributed by atoms with E-state index in [1.54, 1.807) is 28.4 Å². The van der Waals surface area contributed by atoms with Crippen molar-refractivity contribution in [1.82, 2.24) is 25.1 Å². The number of hydrogen-bond donors (Lipinski definition) is 1. The molecule has 8 heteroatoms. The topological polar surface area (TPSA) is 85.8 Å².